The lowest BCUT2D eigenvalue weighted by Gasteiger charge is -2.14. The number of rotatable bonds is 54. The molecule has 0 radical (unpaired) electrons. The van der Waals surface area contributed by atoms with Crippen LogP contribution in [0.15, 0.2) is 50.8 Å². The topological polar surface area (TPSA) is 145 Å². The van der Waals surface area contributed by atoms with Crippen molar-refractivity contribution in [3.8, 4) is 0 Å². The van der Waals surface area contributed by atoms with Gasteiger partial charge in [0.2, 0.25) is 0 Å². The summed E-state index contributed by atoms with van der Waals surface area (Å²) in [5.41, 5.74) is -2.69. The maximum absolute atomic E-state index is 13.6. The normalized spacial score (nSPS) is 11.7. The molecule has 0 fully saturated rings. The maximum Gasteiger partial charge on any atom is 0.336 e. The van der Waals surface area contributed by atoms with Crippen LogP contribution in [0.2, 0.25) is 0 Å². The first kappa shape index (κ1) is 69.1. The van der Waals surface area contributed by atoms with E-state index in [4.69, 9.17) is 14.2 Å². The molecule has 75 heavy (non-hydrogen) atoms. The van der Waals surface area contributed by atoms with Gasteiger partial charge in [0.15, 0.2) is 0 Å². The number of nitrogens with zero attached hydrogens (tertiary/aromatic N) is 3. The highest BCUT2D eigenvalue weighted by Crippen LogP contribution is 2.15. The highest BCUT2D eigenvalue weighted by atomic mass is 16.5. The minimum absolute atomic E-state index is 0.198. The second kappa shape index (κ2) is 52.1. The largest absolute Gasteiger partial charge is 0.464 e. The molecule has 0 unspecified atom stereocenters. The molecule has 1 aromatic rings. The third-order valence-corrected chi connectivity index (χ3v) is 14.0. The van der Waals surface area contributed by atoms with Gasteiger partial charge in [-0.3, -0.25) is 14.4 Å². The predicted molar refractivity (Wildman–Crippen MR) is 310 cm³/mol. The molecule has 432 valence electrons. The first-order chi connectivity index (χ1) is 36.8. The Kier molecular flexibility index (Phi) is 48.0. The molecule has 0 N–H and O–H groups in total. The van der Waals surface area contributed by atoms with E-state index in [0.717, 1.165) is 52.2 Å². The quantitative estimate of drug-likeness (QED) is 0.0269. The number of hydrogen-bond donors (Lipinski definition) is 0. The van der Waals surface area contributed by atoms with Gasteiger partial charge < -0.3 is 14.2 Å². The number of hydrogen-bond acceptors (Lipinski definition) is 9. The van der Waals surface area contributed by atoms with Crippen molar-refractivity contribution in [1.29, 1.82) is 0 Å². The summed E-state index contributed by atoms with van der Waals surface area (Å²) in [5.74, 6) is -1.31. The van der Waals surface area contributed by atoms with Crippen LogP contribution in [0.3, 0.4) is 0 Å². The van der Waals surface area contributed by atoms with E-state index in [1.165, 1.54) is 193 Å². The summed E-state index contributed by atoms with van der Waals surface area (Å²) in [6.45, 7) is 5.19. The molecule has 12 nitrogen and oxygen atoms in total. The van der Waals surface area contributed by atoms with Crippen molar-refractivity contribution in [2.24, 2.45) is 0 Å². The average Bonchev–Trinajstić information content (AvgIpc) is 3.40. The Morgan fingerprint density at radius 1 is 0.293 bits per heavy atom. The van der Waals surface area contributed by atoms with E-state index in [1.54, 1.807) is 0 Å². The summed E-state index contributed by atoms with van der Waals surface area (Å²) >= 11 is 0. The third-order valence-electron chi connectivity index (χ3n) is 14.0. The number of esters is 3. The summed E-state index contributed by atoms with van der Waals surface area (Å²) in [4.78, 5) is 78.6. The second-order valence-electron chi connectivity index (χ2n) is 21.0. The Morgan fingerprint density at radius 3 is 0.693 bits per heavy atom. The van der Waals surface area contributed by atoms with Gasteiger partial charge in [-0.1, -0.05) is 231 Å². The molecule has 12 heteroatoms. The highest BCUT2D eigenvalue weighted by Gasteiger charge is 2.17. The molecule has 0 aliphatic heterocycles. The minimum atomic E-state index is -0.897. The van der Waals surface area contributed by atoms with Gasteiger partial charge in [-0.15, -0.1) is 0 Å². The van der Waals surface area contributed by atoms with Crippen molar-refractivity contribution in [3.05, 3.63) is 67.9 Å². The molecule has 0 aromatic carbocycles. The van der Waals surface area contributed by atoms with Crippen LogP contribution < -0.4 is 17.1 Å². The SMILES string of the molecule is CCCCCCCCCCCC/C=C/CCCC(=O)OCCn1c(=O)n(CCOC(=O)CCC/C=C/CCCCCCCCCCCC)c(=O)n(CCOC(=O)CCC/C=C/CCCCCCCCCCCC)c1=O. The average molecular weight is 1050 g/mol. The van der Waals surface area contributed by atoms with Gasteiger partial charge in [0.25, 0.3) is 0 Å². The van der Waals surface area contributed by atoms with Gasteiger partial charge >= 0.3 is 35.0 Å². The summed E-state index contributed by atoms with van der Waals surface area (Å²) in [6, 6.07) is 0. The molecular formula is C63H111N3O9. The lowest BCUT2D eigenvalue weighted by molar-refractivity contribution is -0.144. The van der Waals surface area contributed by atoms with E-state index in [2.05, 4.69) is 57.2 Å². The van der Waals surface area contributed by atoms with E-state index < -0.39 is 35.0 Å². The van der Waals surface area contributed by atoms with E-state index in [-0.39, 0.29) is 58.7 Å². The van der Waals surface area contributed by atoms with Gasteiger partial charge in [-0.05, 0) is 77.0 Å². The number of carbonyl (C=O) groups excluding carboxylic acids is 3. The summed E-state index contributed by atoms with van der Waals surface area (Å²) < 4.78 is 18.8. The van der Waals surface area contributed by atoms with Crippen LogP contribution in [0.25, 0.3) is 0 Å². The van der Waals surface area contributed by atoms with Gasteiger partial charge in [-0.2, -0.15) is 0 Å². The zero-order chi connectivity index (χ0) is 54.5. The Morgan fingerprint density at radius 2 is 0.480 bits per heavy atom. The molecule has 0 spiro atoms. The van der Waals surface area contributed by atoms with Gasteiger partial charge in [0.05, 0.1) is 19.6 Å². The molecule has 1 heterocycles. The van der Waals surface area contributed by atoms with Crippen molar-refractivity contribution in [2.75, 3.05) is 19.8 Å². The first-order valence-electron chi connectivity index (χ1n) is 31.1. The molecule has 1 rings (SSSR count). The zero-order valence-corrected chi connectivity index (χ0v) is 48.4. The van der Waals surface area contributed by atoms with Gasteiger partial charge in [0, 0.05) is 19.3 Å². The molecular weight excluding hydrogens is 943 g/mol. The monoisotopic (exact) mass is 1050 g/mol. The number of aromatic nitrogens is 3. The summed E-state index contributed by atoms with van der Waals surface area (Å²) in [6.07, 6.45) is 59.9. The lowest BCUT2D eigenvalue weighted by atomic mass is 10.1. The van der Waals surface area contributed by atoms with Crippen LogP contribution in [-0.2, 0) is 48.2 Å². The molecule has 0 bridgehead atoms. The Bertz CT molecular complexity index is 1570. The van der Waals surface area contributed by atoms with Crippen molar-refractivity contribution < 1.29 is 28.6 Å². The molecule has 0 aliphatic carbocycles. The van der Waals surface area contributed by atoms with Crippen molar-refractivity contribution >= 4 is 17.9 Å². The van der Waals surface area contributed by atoms with E-state index in [1.807, 2.05) is 0 Å². The molecule has 0 saturated carbocycles. The number of allylic oxidation sites excluding steroid dienone is 6. The van der Waals surface area contributed by atoms with E-state index in [9.17, 15) is 28.8 Å². The first-order valence-corrected chi connectivity index (χ1v) is 31.1. The van der Waals surface area contributed by atoms with Crippen molar-refractivity contribution in [2.45, 2.75) is 310 Å². The maximum atomic E-state index is 13.6. The van der Waals surface area contributed by atoms with E-state index in [0.29, 0.717) is 19.3 Å². The van der Waals surface area contributed by atoms with Crippen LogP contribution in [0.5, 0.6) is 0 Å². The fraction of sp³-hybridized carbons (Fsp3) is 0.810. The van der Waals surface area contributed by atoms with Crippen molar-refractivity contribution in [3.63, 3.8) is 0 Å². The van der Waals surface area contributed by atoms with Crippen molar-refractivity contribution in [1.82, 2.24) is 13.7 Å². The van der Waals surface area contributed by atoms with E-state index >= 15 is 0 Å². The summed E-state index contributed by atoms with van der Waals surface area (Å²) in [5, 5.41) is 0. The fourth-order valence-electron chi connectivity index (χ4n) is 9.27. The van der Waals surface area contributed by atoms with Crippen LogP contribution >= 0.6 is 0 Å². The number of carbonyl (C=O) groups is 3. The van der Waals surface area contributed by atoms with Gasteiger partial charge in [-0.25, -0.2) is 28.1 Å². The Labute approximate surface area is 456 Å². The zero-order valence-electron chi connectivity index (χ0n) is 48.4. The predicted octanol–water partition coefficient (Wildman–Crippen LogP) is 15.9. The Balaban J connectivity index is 2.63. The smallest absolute Gasteiger partial charge is 0.336 e. The van der Waals surface area contributed by atoms with Gasteiger partial charge in [0.1, 0.15) is 19.8 Å². The Hall–Kier alpha value is -3.96. The minimum Gasteiger partial charge on any atom is -0.464 e. The van der Waals surface area contributed by atoms with Crippen LogP contribution in [0, 0.1) is 0 Å². The number of unbranched alkanes of at least 4 members (excludes halogenated alkanes) is 33. The molecule has 0 aliphatic rings. The molecule has 0 saturated heterocycles. The van der Waals surface area contributed by atoms with Crippen LogP contribution in [0.1, 0.15) is 290 Å². The molecule has 0 amide bonds. The fourth-order valence-corrected chi connectivity index (χ4v) is 9.27. The standard InChI is InChI=1S/C63H111N3O9/c1-4-7-10-13-16-19-22-25-28-31-34-37-40-43-46-49-58(67)73-55-52-64-61(70)65(53-56-74-59(68)50-47-44-41-38-35-32-29-26-23-20-17-14-11-8-5-2)63(72)66(62(64)71)54-57-75-60(69)51-48-45-42-39-36-33-30-27-24-21-18-15-12-9-6-3/h37-42H,4-36,43-57H2,1-3H3/b40-37+,41-38+,42-39+. The lowest BCUT2D eigenvalue weighted by Crippen LogP contribution is -2.55. The third kappa shape index (κ3) is 40.9. The highest BCUT2D eigenvalue weighted by molar-refractivity contribution is 5.70. The number of ether oxygens (including phenoxy) is 3. The van der Waals surface area contributed by atoms with Crippen LogP contribution in [-0.4, -0.2) is 51.4 Å². The van der Waals surface area contributed by atoms with Crippen LogP contribution in [0.4, 0.5) is 0 Å². The molecule has 0 atom stereocenters. The summed E-state index contributed by atoms with van der Waals surface area (Å²) in [7, 11) is 0. The second-order valence-corrected chi connectivity index (χ2v) is 21.0. The molecule has 1 aromatic heterocycles.